The van der Waals surface area contributed by atoms with Crippen LogP contribution in [0, 0.1) is 5.41 Å². The van der Waals surface area contributed by atoms with Crippen LogP contribution in [0.3, 0.4) is 0 Å². The zero-order valence-electron chi connectivity index (χ0n) is 11.2. The highest BCUT2D eigenvalue weighted by Gasteiger charge is 2.35. The van der Waals surface area contributed by atoms with Crippen molar-refractivity contribution in [1.29, 1.82) is 0 Å². The van der Waals surface area contributed by atoms with Gasteiger partial charge in [-0.1, -0.05) is 32.4 Å². The molecule has 0 aliphatic carbocycles. The standard InChI is InChI=1S/C14H21ClO2/c1-13(2,3)14(4,16)9-10-8-11(15)6-7-12(10)17-5/h6-8,16H,9H2,1-5H3. The maximum atomic E-state index is 10.5. The number of methoxy groups -OCH3 is 1. The molecule has 0 saturated heterocycles. The van der Waals surface area contributed by atoms with E-state index in [4.69, 9.17) is 16.3 Å². The first-order chi connectivity index (χ1) is 7.67. The van der Waals surface area contributed by atoms with Crippen molar-refractivity contribution in [3.8, 4) is 5.75 Å². The fraction of sp³-hybridized carbons (Fsp3) is 0.571. The number of halogens is 1. The predicted molar refractivity (Wildman–Crippen MR) is 71.8 cm³/mol. The van der Waals surface area contributed by atoms with E-state index in [1.165, 1.54) is 0 Å². The van der Waals surface area contributed by atoms with Crippen LogP contribution in [-0.4, -0.2) is 17.8 Å². The summed E-state index contributed by atoms with van der Waals surface area (Å²) in [6.45, 7) is 7.89. The summed E-state index contributed by atoms with van der Waals surface area (Å²) in [5, 5.41) is 11.2. The number of ether oxygens (including phenoxy) is 1. The number of rotatable bonds is 3. The van der Waals surface area contributed by atoms with E-state index in [-0.39, 0.29) is 5.41 Å². The van der Waals surface area contributed by atoms with Crippen molar-refractivity contribution in [2.75, 3.05) is 7.11 Å². The molecular weight excluding hydrogens is 236 g/mol. The van der Waals surface area contributed by atoms with Crippen LogP contribution in [0.2, 0.25) is 5.02 Å². The van der Waals surface area contributed by atoms with Gasteiger partial charge in [-0.15, -0.1) is 0 Å². The van der Waals surface area contributed by atoms with Crippen molar-refractivity contribution in [1.82, 2.24) is 0 Å². The summed E-state index contributed by atoms with van der Waals surface area (Å²) in [5.74, 6) is 0.763. The van der Waals surface area contributed by atoms with Crippen LogP contribution in [0.1, 0.15) is 33.3 Å². The van der Waals surface area contributed by atoms with Crippen molar-refractivity contribution in [3.63, 3.8) is 0 Å². The molecule has 17 heavy (non-hydrogen) atoms. The first-order valence-electron chi connectivity index (χ1n) is 5.72. The molecule has 1 N–H and O–H groups in total. The Morgan fingerprint density at radius 2 is 1.82 bits per heavy atom. The van der Waals surface area contributed by atoms with E-state index in [0.717, 1.165) is 11.3 Å². The van der Waals surface area contributed by atoms with Gasteiger partial charge in [-0.25, -0.2) is 0 Å². The third-order valence-corrected chi connectivity index (χ3v) is 3.63. The third kappa shape index (κ3) is 3.36. The zero-order chi connectivity index (χ0) is 13.3. The third-order valence-electron chi connectivity index (χ3n) is 3.39. The molecule has 0 saturated carbocycles. The Balaban J connectivity index is 3.06. The molecule has 1 rings (SSSR count). The lowest BCUT2D eigenvalue weighted by atomic mass is 9.74. The van der Waals surface area contributed by atoms with Gasteiger partial charge in [0.2, 0.25) is 0 Å². The average molecular weight is 257 g/mol. The lowest BCUT2D eigenvalue weighted by molar-refractivity contribution is -0.0408. The van der Waals surface area contributed by atoms with Crippen LogP contribution in [0.25, 0.3) is 0 Å². The zero-order valence-corrected chi connectivity index (χ0v) is 11.9. The summed E-state index contributed by atoms with van der Waals surface area (Å²) in [5.41, 5.74) is -0.0920. The molecule has 0 spiro atoms. The highest BCUT2D eigenvalue weighted by molar-refractivity contribution is 6.30. The minimum Gasteiger partial charge on any atom is -0.496 e. The monoisotopic (exact) mass is 256 g/mol. The smallest absolute Gasteiger partial charge is 0.122 e. The average Bonchev–Trinajstić information content (AvgIpc) is 2.15. The number of benzene rings is 1. The summed E-state index contributed by atoms with van der Waals surface area (Å²) in [6.07, 6.45) is 0.514. The van der Waals surface area contributed by atoms with E-state index >= 15 is 0 Å². The van der Waals surface area contributed by atoms with Gasteiger partial charge in [-0.3, -0.25) is 0 Å². The summed E-state index contributed by atoms with van der Waals surface area (Å²) in [7, 11) is 1.62. The Bertz CT molecular complexity index is 392. The van der Waals surface area contributed by atoms with E-state index in [1.807, 2.05) is 39.8 Å². The fourth-order valence-electron chi connectivity index (χ4n) is 1.52. The molecule has 2 nitrogen and oxygen atoms in total. The molecule has 1 aromatic carbocycles. The molecule has 0 heterocycles. The van der Waals surface area contributed by atoms with Gasteiger partial charge in [0.15, 0.2) is 0 Å². The maximum absolute atomic E-state index is 10.5. The Morgan fingerprint density at radius 3 is 2.29 bits per heavy atom. The van der Waals surface area contributed by atoms with Crippen LogP contribution in [0.4, 0.5) is 0 Å². The van der Waals surface area contributed by atoms with Crippen LogP contribution in [0.15, 0.2) is 18.2 Å². The summed E-state index contributed by atoms with van der Waals surface area (Å²) in [4.78, 5) is 0. The van der Waals surface area contributed by atoms with E-state index in [1.54, 1.807) is 13.2 Å². The van der Waals surface area contributed by atoms with Gasteiger partial charge in [-0.05, 0) is 36.1 Å². The van der Waals surface area contributed by atoms with Gasteiger partial charge in [0, 0.05) is 11.4 Å². The molecule has 0 radical (unpaired) electrons. The minimum atomic E-state index is -0.815. The molecule has 0 bridgehead atoms. The predicted octanol–water partition coefficient (Wildman–Crippen LogP) is 3.69. The van der Waals surface area contributed by atoms with Crippen LogP contribution in [-0.2, 0) is 6.42 Å². The largest absolute Gasteiger partial charge is 0.496 e. The van der Waals surface area contributed by atoms with Gasteiger partial charge >= 0.3 is 0 Å². The molecule has 96 valence electrons. The van der Waals surface area contributed by atoms with Gasteiger partial charge in [-0.2, -0.15) is 0 Å². The van der Waals surface area contributed by atoms with E-state index < -0.39 is 5.60 Å². The first kappa shape index (κ1) is 14.3. The van der Waals surface area contributed by atoms with Crippen molar-refractivity contribution in [2.45, 2.75) is 39.7 Å². The normalized spacial score (nSPS) is 15.5. The molecule has 0 fully saturated rings. The van der Waals surface area contributed by atoms with Crippen molar-refractivity contribution in [3.05, 3.63) is 28.8 Å². The molecule has 3 heteroatoms. The van der Waals surface area contributed by atoms with Gasteiger partial charge < -0.3 is 9.84 Å². The van der Waals surface area contributed by atoms with Crippen molar-refractivity contribution >= 4 is 11.6 Å². The summed E-state index contributed by atoms with van der Waals surface area (Å²) >= 11 is 5.98. The number of aliphatic hydroxyl groups is 1. The van der Waals surface area contributed by atoms with Gasteiger partial charge in [0.05, 0.1) is 12.7 Å². The minimum absolute atomic E-state index is 0.208. The van der Waals surface area contributed by atoms with Gasteiger partial charge in [0.1, 0.15) is 5.75 Å². The van der Waals surface area contributed by atoms with E-state index in [0.29, 0.717) is 11.4 Å². The number of hydrogen-bond donors (Lipinski definition) is 1. The first-order valence-corrected chi connectivity index (χ1v) is 6.10. The fourth-order valence-corrected chi connectivity index (χ4v) is 1.72. The van der Waals surface area contributed by atoms with Crippen molar-refractivity contribution < 1.29 is 9.84 Å². The second kappa shape index (κ2) is 4.87. The van der Waals surface area contributed by atoms with Crippen LogP contribution < -0.4 is 4.74 Å². The molecule has 1 unspecified atom stereocenters. The number of hydrogen-bond acceptors (Lipinski definition) is 2. The summed E-state index contributed by atoms with van der Waals surface area (Å²) in [6, 6.07) is 5.46. The molecule has 0 aliphatic heterocycles. The molecule has 0 amide bonds. The molecular formula is C14H21ClO2. The SMILES string of the molecule is COc1ccc(Cl)cc1CC(C)(O)C(C)(C)C. The van der Waals surface area contributed by atoms with E-state index in [9.17, 15) is 5.11 Å². The van der Waals surface area contributed by atoms with Crippen LogP contribution >= 0.6 is 11.6 Å². The van der Waals surface area contributed by atoms with Crippen molar-refractivity contribution in [2.24, 2.45) is 5.41 Å². The lowest BCUT2D eigenvalue weighted by Gasteiger charge is -2.37. The molecule has 1 atom stereocenters. The maximum Gasteiger partial charge on any atom is 0.122 e. The Hall–Kier alpha value is -0.730. The molecule has 1 aromatic rings. The molecule has 0 aromatic heterocycles. The Labute approximate surface area is 109 Å². The highest BCUT2D eigenvalue weighted by atomic mass is 35.5. The second-order valence-electron chi connectivity index (χ2n) is 5.66. The lowest BCUT2D eigenvalue weighted by Crippen LogP contribution is -2.41. The quantitative estimate of drug-likeness (QED) is 0.894. The van der Waals surface area contributed by atoms with Gasteiger partial charge in [0.25, 0.3) is 0 Å². The van der Waals surface area contributed by atoms with E-state index in [2.05, 4.69) is 0 Å². The topological polar surface area (TPSA) is 29.5 Å². The Kier molecular flexibility index (Phi) is 4.11. The Morgan fingerprint density at radius 1 is 1.24 bits per heavy atom. The second-order valence-corrected chi connectivity index (χ2v) is 6.09. The molecule has 0 aliphatic rings. The van der Waals surface area contributed by atoms with Crippen LogP contribution in [0.5, 0.6) is 5.75 Å². The highest BCUT2D eigenvalue weighted by Crippen LogP contribution is 2.35. The summed E-state index contributed by atoms with van der Waals surface area (Å²) < 4.78 is 5.29.